The number of ether oxygens (including phenoxy) is 1. The van der Waals surface area contributed by atoms with Crippen molar-refractivity contribution in [1.29, 1.82) is 0 Å². The second-order valence-corrected chi connectivity index (χ2v) is 4.34. The zero-order valence-corrected chi connectivity index (χ0v) is 9.97. The summed E-state index contributed by atoms with van der Waals surface area (Å²) >= 11 is 0. The van der Waals surface area contributed by atoms with Gasteiger partial charge in [0.1, 0.15) is 12.5 Å². The Hall–Kier alpha value is -1.07. The molecule has 0 aromatic rings. The van der Waals surface area contributed by atoms with Crippen LogP contribution in [0.4, 0.5) is 0 Å². The summed E-state index contributed by atoms with van der Waals surface area (Å²) in [6.45, 7) is 6.02. The van der Waals surface area contributed by atoms with Crippen molar-refractivity contribution in [1.82, 2.24) is 4.90 Å². The average molecular weight is 227 g/mol. The van der Waals surface area contributed by atoms with E-state index in [2.05, 4.69) is 18.8 Å². The molecule has 0 aromatic heterocycles. The van der Waals surface area contributed by atoms with E-state index in [0.29, 0.717) is 31.6 Å². The number of hydrogen-bond acceptors (Lipinski definition) is 5. The average Bonchev–Trinajstić information content (AvgIpc) is 2.26. The zero-order valence-electron chi connectivity index (χ0n) is 9.97. The van der Waals surface area contributed by atoms with Crippen LogP contribution in [0, 0.1) is 5.92 Å². The van der Waals surface area contributed by atoms with Crippen molar-refractivity contribution in [2.24, 2.45) is 16.6 Å². The monoisotopic (exact) mass is 227 g/mol. The van der Waals surface area contributed by atoms with Gasteiger partial charge in [-0.15, -0.1) is 0 Å². The van der Waals surface area contributed by atoms with E-state index in [0.717, 1.165) is 0 Å². The molecule has 0 saturated heterocycles. The van der Waals surface area contributed by atoms with Crippen LogP contribution in [0.3, 0.4) is 0 Å². The summed E-state index contributed by atoms with van der Waals surface area (Å²) in [4.78, 5) is 6.06. The molecular weight excluding hydrogens is 206 g/mol. The van der Waals surface area contributed by atoms with E-state index < -0.39 is 0 Å². The van der Waals surface area contributed by atoms with Crippen LogP contribution in [0.25, 0.3) is 0 Å². The van der Waals surface area contributed by atoms with Crippen LogP contribution in [-0.4, -0.2) is 48.4 Å². The highest BCUT2D eigenvalue weighted by Gasteiger charge is 2.13. The molecule has 3 N–H and O–H groups in total. The normalized spacial score (nSPS) is 17.8. The molecule has 0 saturated carbocycles. The Bertz CT molecular complexity index is 264. The van der Waals surface area contributed by atoms with Gasteiger partial charge in [0.05, 0.1) is 12.7 Å². The van der Waals surface area contributed by atoms with Gasteiger partial charge in [-0.3, -0.25) is 0 Å². The molecule has 5 nitrogen and oxygen atoms in total. The molecule has 0 amide bonds. The molecule has 1 aliphatic heterocycles. The minimum Gasteiger partial charge on any atom is -0.394 e. The summed E-state index contributed by atoms with van der Waals surface area (Å²) in [5, 5.41) is 9.19. The van der Waals surface area contributed by atoms with Crippen molar-refractivity contribution in [3.63, 3.8) is 0 Å². The van der Waals surface area contributed by atoms with Crippen LogP contribution < -0.4 is 5.73 Å². The largest absolute Gasteiger partial charge is 0.394 e. The predicted molar refractivity (Wildman–Crippen MR) is 64.0 cm³/mol. The molecule has 1 aliphatic rings. The van der Waals surface area contributed by atoms with Crippen molar-refractivity contribution in [3.8, 4) is 0 Å². The second-order valence-electron chi connectivity index (χ2n) is 4.34. The smallest absolute Gasteiger partial charge is 0.121 e. The molecular formula is C11H21N3O2. The van der Waals surface area contributed by atoms with Gasteiger partial charge < -0.3 is 20.5 Å². The van der Waals surface area contributed by atoms with E-state index in [1.807, 2.05) is 11.1 Å². The van der Waals surface area contributed by atoms with Gasteiger partial charge in [0.15, 0.2) is 0 Å². The first-order valence-electron chi connectivity index (χ1n) is 5.56. The minimum atomic E-state index is -0.165. The van der Waals surface area contributed by atoms with Crippen LogP contribution in [0.1, 0.15) is 13.8 Å². The van der Waals surface area contributed by atoms with Gasteiger partial charge in [0.25, 0.3) is 0 Å². The topological polar surface area (TPSA) is 71.1 Å². The second kappa shape index (κ2) is 6.50. The molecule has 0 radical (unpaired) electrons. The van der Waals surface area contributed by atoms with Crippen molar-refractivity contribution < 1.29 is 9.84 Å². The summed E-state index contributed by atoms with van der Waals surface area (Å²) in [5.74, 6) is 1.01. The van der Waals surface area contributed by atoms with Gasteiger partial charge >= 0.3 is 0 Å². The standard InChI is InChI=1S/C11H21N3O2/c1-9(2)7-16-10(6-15)5-14-4-3-11(12)13-8-14/h3-4,9-10,15H,5-8H2,1-2H3,(H2,12,13). The number of hydrogen-bond donors (Lipinski definition) is 2. The van der Waals surface area contributed by atoms with E-state index in [1.165, 1.54) is 0 Å². The molecule has 0 fully saturated rings. The lowest BCUT2D eigenvalue weighted by molar-refractivity contribution is -0.0122. The van der Waals surface area contributed by atoms with Crippen LogP contribution in [0.2, 0.25) is 0 Å². The number of rotatable bonds is 6. The van der Waals surface area contributed by atoms with E-state index >= 15 is 0 Å². The van der Waals surface area contributed by atoms with E-state index in [4.69, 9.17) is 10.5 Å². The van der Waals surface area contributed by atoms with Crippen LogP contribution in [0.5, 0.6) is 0 Å². The van der Waals surface area contributed by atoms with Crippen LogP contribution in [0.15, 0.2) is 17.3 Å². The number of aliphatic hydroxyl groups is 1. The lowest BCUT2D eigenvalue weighted by Gasteiger charge is -2.26. The fourth-order valence-electron chi connectivity index (χ4n) is 1.33. The molecule has 0 spiro atoms. The van der Waals surface area contributed by atoms with Gasteiger partial charge in [0.2, 0.25) is 0 Å². The Morgan fingerprint density at radius 3 is 2.88 bits per heavy atom. The molecule has 16 heavy (non-hydrogen) atoms. The Morgan fingerprint density at radius 1 is 1.62 bits per heavy atom. The number of aliphatic hydroxyl groups excluding tert-OH is 1. The third kappa shape index (κ3) is 4.63. The number of nitrogens with two attached hydrogens (primary N) is 1. The first kappa shape index (κ1) is 13.0. The Morgan fingerprint density at radius 2 is 2.38 bits per heavy atom. The fourth-order valence-corrected chi connectivity index (χ4v) is 1.33. The molecule has 0 aromatic carbocycles. The summed E-state index contributed by atoms with van der Waals surface area (Å²) in [7, 11) is 0. The van der Waals surface area contributed by atoms with E-state index in [9.17, 15) is 5.11 Å². The molecule has 1 heterocycles. The molecule has 1 rings (SSSR count). The molecule has 1 unspecified atom stereocenters. The van der Waals surface area contributed by atoms with Crippen LogP contribution >= 0.6 is 0 Å². The third-order valence-corrected chi connectivity index (χ3v) is 2.20. The highest BCUT2D eigenvalue weighted by Crippen LogP contribution is 2.04. The number of aliphatic imine (C=N–C) groups is 1. The van der Waals surface area contributed by atoms with Gasteiger partial charge in [0, 0.05) is 19.4 Å². The summed E-state index contributed by atoms with van der Waals surface area (Å²) in [6.07, 6.45) is 3.46. The quantitative estimate of drug-likeness (QED) is 0.678. The lowest BCUT2D eigenvalue weighted by atomic mass is 10.2. The van der Waals surface area contributed by atoms with Crippen LogP contribution in [-0.2, 0) is 4.74 Å². The Labute approximate surface area is 96.6 Å². The maximum Gasteiger partial charge on any atom is 0.121 e. The number of amidine groups is 1. The highest BCUT2D eigenvalue weighted by atomic mass is 16.5. The van der Waals surface area contributed by atoms with E-state index in [-0.39, 0.29) is 12.7 Å². The Balaban J connectivity index is 2.31. The fraction of sp³-hybridized carbons (Fsp3) is 0.727. The molecule has 0 aliphatic carbocycles. The van der Waals surface area contributed by atoms with Crippen molar-refractivity contribution >= 4 is 5.84 Å². The SMILES string of the molecule is CC(C)COC(CO)CN1C=CC(N)=NC1. The number of nitrogens with zero attached hydrogens (tertiary/aromatic N) is 2. The van der Waals surface area contributed by atoms with Crippen molar-refractivity contribution in [2.75, 3.05) is 26.4 Å². The highest BCUT2D eigenvalue weighted by molar-refractivity contribution is 5.91. The molecule has 92 valence electrons. The summed E-state index contributed by atoms with van der Waals surface area (Å²) in [6, 6.07) is 0. The predicted octanol–water partition coefficient (Wildman–Crippen LogP) is 0.164. The first-order valence-corrected chi connectivity index (χ1v) is 5.56. The lowest BCUT2D eigenvalue weighted by Crippen LogP contribution is -2.36. The molecule has 5 heteroatoms. The first-order chi connectivity index (χ1) is 7.61. The molecule has 0 bridgehead atoms. The van der Waals surface area contributed by atoms with Gasteiger partial charge in [-0.1, -0.05) is 13.8 Å². The van der Waals surface area contributed by atoms with Gasteiger partial charge in [-0.25, -0.2) is 4.99 Å². The summed E-state index contributed by atoms with van der Waals surface area (Å²) < 4.78 is 5.58. The zero-order chi connectivity index (χ0) is 12.0. The Kier molecular flexibility index (Phi) is 5.28. The van der Waals surface area contributed by atoms with Crippen molar-refractivity contribution in [2.45, 2.75) is 20.0 Å². The van der Waals surface area contributed by atoms with E-state index in [1.54, 1.807) is 6.08 Å². The third-order valence-electron chi connectivity index (χ3n) is 2.20. The summed E-state index contributed by atoms with van der Waals surface area (Å²) in [5.41, 5.74) is 5.51. The van der Waals surface area contributed by atoms with Gasteiger partial charge in [-0.05, 0) is 12.0 Å². The van der Waals surface area contributed by atoms with Crippen molar-refractivity contribution in [3.05, 3.63) is 12.3 Å². The maximum atomic E-state index is 9.19. The molecule has 1 atom stereocenters. The minimum absolute atomic E-state index is 0.0241. The maximum absolute atomic E-state index is 9.19. The van der Waals surface area contributed by atoms with Gasteiger partial charge in [-0.2, -0.15) is 0 Å².